The van der Waals surface area contributed by atoms with E-state index < -0.39 is 0 Å². The lowest BCUT2D eigenvalue weighted by atomic mass is 9.82. The number of carbonyl (C=O) groups excluding carboxylic acids is 1. The summed E-state index contributed by atoms with van der Waals surface area (Å²) in [6.07, 6.45) is 3.94. The third-order valence-corrected chi connectivity index (χ3v) is 6.24. The van der Waals surface area contributed by atoms with Crippen molar-refractivity contribution in [3.8, 4) is 11.5 Å². The van der Waals surface area contributed by atoms with Gasteiger partial charge in [0.15, 0.2) is 11.5 Å². The van der Waals surface area contributed by atoms with Gasteiger partial charge in [0.2, 0.25) is 0 Å². The van der Waals surface area contributed by atoms with Crippen LogP contribution in [0.1, 0.15) is 52.0 Å². The summed E-state index contributed by atoms with van der Waals surface area (Å²) < 4.78 is 22.1. The van der Waals surface area contributed by atoms with Crippen molar-refractivity contribution >= 4 is 12.7 Å². The number of methoxy groups -OCH3 is 2. The van der Waals surface area contributed by atoms with Crippen molar-refractivity contribution in [3.05, 3.63) is 23.8 Å². The van der Waals surface area contributed by atoms with Crippen LogP contribution < -0.4 is 9.47 Å². The van der Waals surface area contributed by atoms with Crippen LogP contribution in [-0.4, -0.2) is 52.3 Å². The maximum absolute atomic E-state index is 12.1. The number of nitrogens with zero attached hydrogens (tertiary/aromatic N) is 1. The maximum Gasteiger partial charge on any atom is 0.309 e. The van der Waals surface area contributed by atoms with Gasteiger partial charge < -0.3 is 18.9 Å². The number of aliphatic imine (C=N–C) groups is 1. The molecule has 6 nitrogen and oxygen atoms in total. The molecular weight excluding hydrogens is 394 g/mol. The molecule has 0 amide bonds. The van der Waals surface area contributed by atoms with Crippen molar-refractivity contribution in [2.24, 2.45) is 22.7 Å². The van der Waals surface area contributed by atoms with Crippen LogP contribution in [0.15, 0.2) is 23.2 Å². The minimum atomic E-state index is -0.160. The Hall–Kier alpha value is -2.08. The number of hydrogen-bond donors (Lipinski definition) is 0. The van der Waals surface area contributed by atoms with Crippen LogP contribution in [0.5, 0.6) is 11.5 Å². The van der Waals surface area contributed by atoms with Gasteiger partial charge in [-0.05, 0) is 61.9 Å². The Morgan fingerprint density at radius 1 is 1.23 bits per heavy atom. The van der Waals surface area contributed by atoms with Crippen LogP contribution in [0.25, 0.3) is 0 Å². The van der Waals surface area contributed by atoms with E-state index in [1.165, 1.54) is 5.56 Å². The van der Waals surface area contributed by atoms with E-state index in [0.29, 0.717) is 25.0 Å². The largest absolute Gasteiger partial charge is 0.493 e. The van der Waals surface area contributed by atoms with Gasteiger partial charge in [0.05, 0.1) is 25.7 Å². The predicted octanol–water partition coefficient (Wildman–Crippen LogP) is 4.73. The molecule has 0 aliphatic carbocycles. The second kappa shape index (κ2) is 12.7. The number of rotatable bonds is 14. The van der Waals surface area contributed by atoms with Gasteiger partial charge in [-0.3, -0.25) is 9.79 Å². The smallest absolute Gasteiger partial charge is 0.309 e. The highest BCUT2D eigenvalue weighted by atomic mass is 16.6. The van der Waals surface area contributed by atoms with Gasteiger partial charge in [-0.15, -0.1) is 0 Å². The molecule has 0 bridgehead atoms. The molecule has 0 spiro atoms. The lowest BCUT2D eigenvalue weighted by molar-refractivity contribution is -0.145. The van der Waals surface area contributed by atoms with E-state index in [9.17, 15) is 4.79 Å². The van der Waals surface area contributed by atoms with Crippen molar-refractivity contribution in [3.63, 3.8) is 0 Å². The summed E-state index contributed by atoms with van der Waals surface area (Å²) in [5.41, 5.74) is 1.19. The fraction of sp³-hybridized carbons (Fsp3) is 0.680. The number of esters is 1. The molecule has 0 aromatic heterocycles. The lowest BCUT2D eigenvalue weighted by Crippen LogP contribution is -2.29. The van der Waals surface area contributed by atoms with Gasteiger partial charge in [-0.25, -0.2) is 0 Å². The van der Waals surface area contributed by atoms with E-state index in [0.717, 1.165) is 43.6 Å². The van der Waals surface area contributed by atoms with Crippen molar-refractivity contribution in [1.29, 1.82) is 0 Å². The zero-order chi connectivity index (χ0) is 22.8. The van der Waals surface area contributed by atoms with E-state index >= 15 is 0 Å². The molecule has 1 saturated heterocycles. The molecule has 0 saturated carbocycles. The third-order valence-electron chi connectivity index (χ3n) is 6.24. The normalized spacial score (nSPS) is 20.4. The third kappa shape index (κ3) is 7.23. The van der Waals surface area contributed by atoms with E-state index in [4.69, 9.17) is 18.9 Å². The number of carbonyl (C=O) groups is 1. The van der Waals surface area contributed by atoms with Crippen molar-refractivity contribution in [2.75, 3.05) is 27.4 Å². The van der Waals surface area contributed by atoms with Crippen molar-refractivity contribution in [1.82, 2.24) is 0 Å². The Labute approximate surface area is 187 Å². The Morgan fingerprint density at radius 2 is 2.00 bits per heavy atom. The van der Waals surface area contributed by atoms with Gasteiger partial charge in [0.25, 0.3) is 0 Å². The molecule has 174 valence electrons. The first-order valence-electron chi connectivity index (χ1n) is 11.4. The molecule has 2 rings (SSSR count). The summed E-state index contributed by atoms with van der Waals surface area (Å²) >= 11 is 0. The summed E-state index contributed by atoms with van der Waals surface area (Å²) in [7, 11) is 3.34. The van der Waals surface area contributed by atoms with Crippen LogP contribution in [0.4, 0.5) is 0 Å². The molecule has 1 aromatic rings. The zero-order valence-corrected chi connectivity index (χ0v) is 19.8. The van der Waals surface area contributed by atoms with E-state index in [1.54, 1.807) is 14.2 Å². The highest BCUT2D eigenvalue weighted by Gasteiger charge is 2.38. The van der Waals surface area contributed by atoms with Gasteiger partial charge in [-0.1, -0.05) is 26.8 Å². The summed E-state index contributed by atoms with van der Waals surface area (Å²) in [6, 6.07) is 6.05. The Kier molecular flexibility index (Phi) is 10.3. The van der Waals surface area contributed by atoms with E-state index in [-0.39, 0.29) is 24.0 Å². The monoisotopic (exact) mass is 433 g/mol. The Bertz CT molecular complexity index is 705. The maximum atomic E-state index is 12.1. The lowest BCUT2D eigenvalue weighted by Gasteiger charge is -2.27. The predicted molar refractivity (Wildman–Crippen MR) is 123 cm³/mol. The van der Waals surface area contributed by atoms with Crippen LogP contribution in [0, 0.1) is 17.8 Å². The molecule has 1 aliphatic rings. The fourth-order valence-corrected chi connectivity index (χ4v) is 4.13. The minimum Gasteiger partial charge on any atom is -0.493 e. The molecule has 0 N–H and O–H groups in total. The van der Waals surface area contributed by atoms with E-state index in [1.807, 2.05) is 13.0 Å². The molecule has 31 heavy (non-hydrogen) atoms. The molecule has 1 fully saturated rings. The summed E-state index contributed by atoms with van der Waals surface area (Å²) in [6.45, 7) is 11.5. The van der Waals surface area contributed by atoms with Crippen LogP contribution in [-0.2, 0) is 20.7 Å². The van der Waals surface area contributed by atoms with Gasteiger partial charge in [0, 0.05) is 20.1 Å². The van der Waals surface area contributed by atoms with Gasteiger partial charge in [0.1, 0.15) is 6.10 Å². The second-order valence-electron chi connectivity index (χ2n) is 8.69. The average Bonchev–Trinajstić information content (AvgIpc) is 3.14. The Balaban J connectivity index is 2.08. The Morgan fingerprint density at radius 3 is 2.58 bits per heavy atom. The van der Waals surface area contributed by atoms with Crippen molar-refractivity contribution < 1.29 is 23.7 Å². The molecule has 1 aromatic carbocycles. The second-order valence-corrected chi connectivity index (χ2v) is 8.69. The highest BCUT2D eigenvalue weighted by Crippen LogP contribution is 2.34. The minimum absolute atomic E-state index is 0.00819. The number of cyclic esters (lactones) is 1. The summed E-state index contributed by atoms with van der Waals surface area (Å²) in [5.74, 6) is 2.23. The average molecular weight is 434 g/mol. The molecule has 4 atom stereocenters. The molecule has 0 radical (unpaired) electrons. The molecule has 6 heteroatoms. The first-order chi connectivity index (χ1) is 14.9. The van der Waals surface area contributed by atoms with Gasteiger partial charge >= 0.3 is 5.97 Å². The van der Waals surface area contributed by atoms with Gasteiger partial charge in [-0.2, -0.15) is 0 Å². The summed E-state index contributed by atoms with van der Waals surface area (Å²) in [5, 5.41) is 0. The highest BCUT2D eigenvalue weighted by molar-refractivity contribution is 5.74. The first-order valence-corrected chi connectivity index (χ1v) is 11.4. The number of hydrogen-bond acceptors (Lipinski definition) is 6. The quantitative estimate of drug-likeness (QED) is 0.241. The van der Waals surface area contributed by atoms with Crippen LogP contribution in [0.3, 0.4) is 0 Å². The molecule has 1 heterocycles. The van der Waals surface area contributed by atoms with Crippen LogP contribution in [0.2, 0.25) is 0 Å². The standard InChI is InChI=1S/C25H39NO5/c1-7-19-16-23(31-25(19)27)21(26-4)15-20(17(2)3)13-18-9-10-22(29-6)24(14-18)30-12-8-11-28-5/h9-10,14,17,19-21,23H,4,7-8,11-13,15-16H2,1-3,5-6H3. The van der Waals surface area contributed by atoms with Crippen LogP contribution >= 0.6 is 0 Å². The number of benzene rings is 1. The SMILES string of the molecule is C=NC(CC(Cc1ccc(OC)c(OCCCOC)c1)C(C)C)C1CC(CC)C(=O)O1. The molecule has 4 unspecified atom stereocenters. The fourth-order valence-electron chi connectivity index (χ4n) is 4.13. The molecular formula is C25H39NO5. The topological polar surface area (TPSA) is 66.3 Å². The molecule has 1 aliphatic heterocycles. The summed E-state index contributed by atoms with van der Waals surface area (Å²) in [4.78, 5) is 16.4. The zero-order valence-electron chi connectivity index (χ0n) is 19.8. The van der Waals surface area contributed by atoms with E-state index in [2.05, 4.69) is 37.7 Å². The first kappa shape index (κ1) is 25.2. The number of ether oxygens (including phenoxy) is 4. The van der Waals surface area contributed by atoms with Crippen molar-refractivity contribution in [2.45, 2.75) is 65.0 Å².